The molecule has 0 aliphatic carbocycles. The van der Waals surface area contributed by atoms with Gasteiger partial charge in [0.25, 0.3) is 5.91 Å². The fourth-order valence-corrected chi connectivity index (χ4v) is 2.58. The van der Waals surface area contributed by atoms with Crippen molar-refractivity contribution >= 4 is 17.2 Å². The molecule has 2 aromatic rings. The van der Waals surface area contributed by atoms with E-state index in [1.165, 1.54) is 11.3 Å². The maximum Gasteiger partial charge on any atom is 0.265 e. The lowest BCUT2D eigenvalue weighted by Gasteiger charge is -2.09. The first-order valence-corrected chi connectivity index (χ1v) is 6.80. The molecular formula is C14H16N2O2S. The second-order valence-corrected chi connectivity index (χ2v) is 4.89. The van der Waals surface area contributed by atoms with Crippen molar-refractivity contribution in [1.82, 2.24) is 5.32 Å². The molecule has 0 radical (unpaired) electrons. The van der Waals surface area contributed by atoms with Crippen LogP contribution in [0, 0.1) is 0 Å². The highest BCUT2D eigenvalue weighted by Crippen LogP contribution is 2.24. The normalized spacial score (nSPS) is 10.2. The van der Waals surface area contributed by atoms with Gasteiger partial charge >= 0.3 is 0 Å². The average Bonchev–Trinajstić information content (AvgIpc) is 2.93. The molecule has 1 amide bonds. The minimum Gasteiger partial charge on any atom is -0.495 e. The van der Waals surface area contributed by atoms with Crippen molar-refractivity contribution in [2.24, 2.45) is 5.73 Å². The van der Waals surface area contributed by atoms with Crippen molar-refractivity contribution < 1.29 is 9.53 Å². The average molecular weight is 276 g/mol. The molecule has 1 aromatic heterocycles. The lowest BCUT2D eigenvalue weighted by Crippen LogP contribution is -2.23. The fraction of sp³-hybridized carbons (Fsp3) is 0.214. The Labute approximate surface area is 116 Å². The zero-order chi connectivity index (χ0) is 13.7. The number of hydrogen-bond acceptors (Lipinski definition) is 4. The Bertz CT molecular complexity index is 566. The van der Waals surface area contributed by atoms with Crippen molar-refractivity contribution in [1.29, 1.82) is 0 Å². The molecule has 0 aliphatic heterocycles. The van der Waals surface area contributed by atoms with Gasteiger partial charge in [0.1, 0.15) is 10.6 Å². The molecule has 2 rings (SSSR count). The number of carbonyl (C=O) groups is 1. The van der Waals surface area contributed by atoms with Crippen LogP contribution in [-0.2, 0) is 13.1 Å². The molecule has 100 valence electrons. The van der Waals surface area contributed by atoms with Crippen LogP contribution in [0.2, 0.25) is 0 Å². The Morgan fingerprint density at radius 2 is 2.05 bits per heavy atom. The molecule has 0 spiro atoms. The quantitative estimate of drug-likeness (QED) is 0.879. The number of nitrogens with one attached hydrogen (secondary N) is 1. The highest BCUT2D eigenvalue weighted by atomic mass is 32.1. The van der Waals surface area contributed by atoms with Gasteiger partial charge in [-0.15, -0.1) is 11.3 Å². The van der Waals surface area contributed by atoms with Crippen molar-refractivity contribution in [3.05, 3.63) is 51.7 Å². The third-order valence-electron chi connectivity index (χ3n) is 2.83. The number of methoxy groups -OCH3 is 1. The van der Waals surface area contributed by atoms with Crippen molar-refractivity contribution in [3.8, 4) is 5.75 Å². The second-order valence-electron chi connectivity index (χ2n) is 3.97. The standard InChI is InChI=1S/C14H16N2O2S/c1-18-12-6-7-19-13(12)14(17)16-9-11-5-3-2-4-10(11)8-15/h2-7H,8-9,15H2,1H3,(H,16,17). The summed E-state index contributed by atoms with van der Waals surface area (Å²) in [5, 5.41) is 4.72. The number of nitrogens with two attached hydrogens (primary N) is 1. The van der Waals surface area contributed by atoms with Gasteiger partial charge in [-0.05, 0) is 22.6 Å². The predicted octanol–water partition coefficient (Wildman–Crippen LogP) is 2.15. The molecule has 0 saturated heterocycles. The Kier molecular flexibility index (Phi) is 4.54. The molecule has 4 nitrogen and oxygen atoms in total. The molecule has 5 heteroatoms. The van der Waals surface area contributed by atoms with Gasteiger partial charge in [0.2, 0.25) is 0 Å². The summed E-state index contributed by atoms with van der Waals surface area (Å²) in [5.41, 5.74) is 7.75. The van der Waals surface area contributed by atoms with Crippen LogP contribution >= 0.6 is 11.3 Å². The van der Waals surface area contributed by atoms with E-state index >= 15 is 0 Å². The summed E-state index contributed by atoms with van der Waals surface area (Å²) in [6.07, 6.45) is 0. The summed E-state index contributed by atoms with van der Waals surface area (Å²) in [6.45, 7) is 0.932. The Morgan fingerprint density at radius 1 is 1.32 bits per heavy atom. The van der Waals surface area contributed by atoms with Crippen LogP contribution < -0.4 is 15.8 Å². The van der Waals surface area contributed by atoms with Gasteiger partial charge < -0.3 is 15.8 Å². The largest absolute Gasteiger partial charge is 0.495 e. The van der Waals surface area contributed by atoms with E-state index in [1.54, 1.807) is 13.2 Å². The number of carbonyl (C=O) groups excluding carboxylic acids is 1. The maximum absolute atomic E-state index is 12.0. The number of ether oxygens (including phenoxy) is 1. The first kappa shape index (κ1) is 13.6. The first-order valence-electron chi connectivity index (χ1n) is 5.92. The molecule has 0 saturated carbocycles. The van der Waals surface area contributed by atoms with Crippen LogP contribution in [-0.4, -0.2) is 13.0 Å². The monoisotopic (exact) mass is 276 g/mol. The van der Waals surface area contributed by atoms with Gasteiger partial charge in [0, 0.05) is 13.1 Å². The summed E-state index contributed by atoms with van der Waals surface area (Å²) in [7, 11) is 1.56. The third kappa shape index (κ3) is 3.13. The zero-order valence-electron chi connectivity index (χ0n) is 10.7. The Morgan fingerprint density at radius 3 is 2.74 bits per heavy atom. The Hall–Kier alpha value is -1.85. The topological polar surface area (TPSA) is 64.3 Å². The van der Waals surface area contributed by atoms with E-state index in [-0.39, 0.29) is 5.91 Å². The highest BCUT2D eigenvalue weighted by Gasteiger charge is 2.13. The van der Waals surface area contributed by atoms with Gasteiger partial charge in [-0.25, -0.2) is 0 Å². The number of thiophene rings is 1. The van der Waals surface area contributed by atoms with E-state index in [2.05, 4.69) is 5.32 Å². The lowest BCUT2D eigenvalue weighted by atomic mass is 10.1. The van der Waals surface area contributed by atoms with Crippen molar-refractivity contribution in [2.45, 2.75) is 13.1 Å². The van der Waals surface area contributed by atoms with Gasteiger partial charge in [-0.3, -0.25) is 4.79 Å². The molecule has 3 N–H and O–H groups in total. The van der Waals surface area contributed by atoms with Gasteiger partial charge in [0.05, 0.1) is 7.11 Å². The fourth-order valence-electron chi connectivity index (χ4n) is 1.81. The first-order chi connectivity index (χ1) is 9.26. The van der Waals surface area contributed by atoms with E-state index in [0.29, 0.717) is 23.7 Å². The number of amides is 1. The molecule has 0 unspecified atom stereocenters. The second kappa shape index (κ2) is 6.36. The Balaban J connectivity index is 2.04. The molecule has 0 aliphatic rings. The molecule has 1 heterocycles. The molecule has 0 atom stereocenters. The summed E-state index contributed by atoms with van der Waals surface area (Å²) in [6, 6.07) is 9.59. The van der Waals surface area contributed by atoms with Crippen LogP contribution in [0.3, 0.4) is 0 Å². The SMILES string of the molecule is COc1ccsc1C(=O)NCc1ccccc1CN. The third-order valence-corrected chi connectivity index (χ3v) is 3.73. The van der Waals surface area contributed by atoms with Crippen LogP contribution in [0.25, 0.3) is 0 Å². The van der Waals surface area contributed by atoms with Crippen molar-refractivity contribution in [2.75, 3.05) is 7.11 Å². The van der Waals surface area contributed by atoms with Crippen molar-refractivity contribution in [3.63, 3.8) is 0 Å². The smallest absolute Gasteiger partial charge is 0.265 e. The van der Waals surface area contributed by atoms with E-state index in [1.807, 2.05) is 29.6 Å². The van der Waals surface area contributed by atoms with Crippen LogP contribution in [0.4, 0.5) is 0 Å². The van der Waals surface area contributed by atoms with Crippen LogP contribution in [0.5, 0.6) is 5.75 Å². The van der Waals surface area contributed by atoms with Gasteiger partial charge in [0.15, 0.2) is 0 Å². The predicted molar refractivity (Wildman–Crippen MR) is 76.4 cm³/mol. The lowest BCUT2D eigenvalue weighted by molar-refractivity contribution is 0.0952. The minimum atomic E-state index is -0.126. The molecule has 0 bridgehead atoms. The van der Waals surface area contributed by atoms with E-state index in [0.717, 1.165) is 11.1 Å². The summed E-state index contributed by atoms with van der Waals surface area (Å²) in [5.74, 6) is 0.480. The summed E-state index contributed by atoms with van der Waals surface area (Å²) >= 11 is 1.37. The summed E-state index contributed by atoms with van der Waals surface area (Å²) in [4.78, 5) is 12.6. The number of hydrogen-bond donors (Lipinski definition) is 2. The van der Waals surface area contributed by atoms with Crippen LogP contribution in [0.15, 0.2) is 35.7 Å². The van der Waals surface area contributed by atoms with Gasteiger partial charge in [-0.1, -0.05) is 24.3 Å². The molecule has 19 heavy (non-hydrogen) atoms. The van der Waals surface area contributed by atoms with E-state index in [4.69, 9.17) is 10.5 Å². The van der Waals surface area contributed by atoms with E-state index in [9.17, 15) is 4.79 Å². The zero-order valence-corrected chi connectivity index (χ0v) is 11.5. The maximum atomic E-state index is 12.0. The molecule has 0 fully saturated rings. The van der Waals surface area contributed by atoms with Crippen LogP contribution in [0.1, 0.15) is 20.8 Å². The molecular weight excluding hydrogens is 260 g/mol. The highest BCUT2D eigenvalue weighted by molar-refractivity contribution is 7.12. The number of benzene rings is 1. The minimum absolute atomic E-state index is 0.126. The summed E-state index contributed by atoms with van der Waals surface area (Å²) < 4.78 is 5.13. The number of rotatable bonds is 5. The van der Waals surface area contributed by atoms with E-state index < -0.39 is 0 Å². The van der Waals surface area contributed by atoms with Gasteiger partial charge in [-0.2, -0.15) is 0 Å². The molecule has 1 aromatic carbocycles.